The number of ether oxygens (including phenoxy) is 1. The van der Waals surface area contributed by atoms with E-state index in [1.807, 2.05) is 19.1 Å². The van der Waals surface area contributed by atoms with Gasteiger partial charge in [0.2, 0.25) is 5.95 Å². The first kappa shape index (κ1) is 18.9. The second kappa shape index (κ2) is 8.18. The summed E-state index contributed by atoms with van der Waals surface area (Å²) in [6.07, 6.45) is 0. The van der Waals surface area contributed by atoms with Gasteiger partial charge in [0.25, 0.3) is 5.91 Å². The lowest BCUT2D eigenvalue weighted by Gasteiger charge is -2.12. The minimum Gasteiger partial charge on any atom is -0.495 e. The van der Waals surface area contributed by atoms with Crippen LogP contribution in [0, 0.1) is 25.2 Å². The number of nitriles is 1. The standard InChI is InChI=1S/C21H19N5O2/c1-13-4-9-19(28-3)17(10-13)25-20(27)18-11-14(2)23-21(26-18)24-16-7-5-15(12-22)6-8-16/h4-11H,1-3H3,(H,25,27)(H,23,24,26). The van der Waals surface area contributed by atoms with Crippen molar-refractivity contribution in [3.8, 4) is 11.8 Å². The van der Waals surface area contributed by atoms with E-state index in [0.29, 0.717) is 28.6 Å². The highest BCUT2D eigenvalue weighted by atomic mass is 16.5. The molecule has 0 aliphatic carbocycles. The van der Waals surface area contributed by atoms with Gasteiger partial charge >= 0.3 is 0 Å². The average Bonchev–Trinajstić information content (AvgIpc) is 2.68. The van der Waals surface area contributed by atoms with Gasteiger partial charge in [-0.05, 0) is 61.9 Å². The largest absolute Gasteiger partial charge is 0.495 e. The molecule has 0 fully saturated rings. The quantitative estimate of drug-likeness (QED) is 0.702. The highest BCUT2D eigenvalue weighted by Gasteiger charge is 2.14. The van der Waals surface area contributed by atoms with Gasteiger partial charge in [-0.25, -0.2) is 9.97 Å². The van der Waals surface area contributed by atoms with Crippen LogP contribution in [-0.4, -0.2) is 23.0 Å². The zero-order valence-corrected chi connectivity index (χ0v) is 15.8. The Balaban J connectivity index is 1.83. The van der Waals surface area contributed by atoms with Gasteiger partial charge in [-0.15, -0.1) is 0 Å². The van der Waals surface area contributed by atoms with E-state index in [9.17, 15) is 4.79 Å². The molecular weight excluding hydrogens is 354 g/mol. The molecule has 2 aromatic carbocycles. The molecule has 3 aromatic rings. The third kappa shape index (κ3) is 4.43. The number of nitrogens with one attached hydrogen (secondary N) is 2. The molecule has 140 valence electrons. The summed E-state index contributed by atoms with van der Waals surface area (Å²) in [6, 6.07) is 16.1. The third-order valence-corrected chi connectivity index (χ3v) is 3.96. The number of aryl methyl sites for hydroxylation is 2. The molecule has 3 rings (SSSR count). The number of rotatable bonds is 5. The van der Waals surface area contributed by atoms with Gasteiger partial charge in [-0.3, -0.25) is 4.79 Å². The summed E-state index contributed by atoms with van der Waals surface area (Å²) < 4.78 is 5.30. The van der Waals surface area contributed by atoms with Crippen LogP contribution in [0.2, 0.25) is 0 Å². The van der Waals surface area contributed by atoms with Crippen LogP contribution in [0.15, 0.2) is 48.5 Å². The summed E-state index contributed by atoms with van der Waals surface area (Å²) in [5, 5.41) is 14.8. The molecule has 0 saturated carbocycles. The Morgan fingerprint density at radius 2 is 1.82 bits per heavy atom. The molecule has 7 nitrogen and oxygen atoms in total. The Morgan fingerprint density at radius 1 is 1.07 bits per heavy atom. The van der Waals surface area contributed by atoms with Gasteiger partial charge in [0, 0.05) is 11.4 Å². The van der Waals surface area contributed by atoms with Gasteiger partial charge in [-0.2, -0.15) is 5.26 Å². The van der Waals surface area contributed by atoms with Crippen LogP contribution in [0.25, 0.3) is 0 Å². The minimum absolute atomic E-state index is 0.229. The summed E-state index contributed by atoms with van der Waals surface area (Å²) in [7, 11) is 1.55. The maximum Gasteiger partial charge on any atom is 0.274 e. The van der Waals surface area contributed by atoms with Gasteiger partial charge in [0.05, 0.1) is 24.4 Å². The molecule has 0 saturated heterocycles. The highest BCUT2D eigenvalue weighted by Crippen LogP contribution is 2.26. The zero-order chi connectivity index (χ0) is 20.1. The maximum atomic E-state index is 12.7. The van der Waals surface area contributed by atoms with Crippen LogP contribution in [0.3, 0.4) is 0 Å². The number of aromatic nitrogens is 2. The summed E-state index contributed by atoms with van der Waals surface area (Å²) in [6.45, 7) is 3.72. The van der Waals surface area contributed by atoms with Crippen molar-refractivity contribution >= 4 is 23.2 Å². The SMILES string of the molecule is COc1ccc(C)cc1NC(=O)c1cc(C)nc(Nc2ccc(C#N)cc2)n1. The van der Waals surface area contributed by atoms with Crippen molar-refractivity contribution in [1.29, 1.82) is 5.26 Å². The normalized spacial score (nSPS) is 10.1. The predicted octanol–water partition coefficient (Wildman–Crippen LogP) is 3.97. The van der Waals surface area contributed by atoms with Crippen molar-refractivity contribution in [1.82, 2.24) is 9.97 Å². The molecule has 0 bridgehead atoms. The van der Waals surface area contributed by atoms with Crippen molar-refractivity contribution < 1.29 is 9.53 Å². The highest BCUT2D eigenvalue weighted by molar-refractivity contribution is 6.04. The zero-order valence-electron chi connectivity index (χ0n) is 15.8. The van der Waals surface area contributed by atoms with E-state index in [4.69, 9.17) is 10.00 Å². The van der Waals surface area contributed by atoms with Crippen molar-refractivity contribution in [3.63, 3.8) is 0 Å². The molecule has 28 heavy (non-hydrogen) atoms. The first-order chi connectivity index (χ1) is 13.5. The van der Waals surface area contributed by atoms with Crippen molar-refractivity contribution in [2.75, 3.05) is 17.7 Å². The monoisotopic (exact) mass is 373 g/mol. The lowest BCUT2D eigenvalue weighted by Crippen LogP contribution is -2.16. The van der Waals surface area contributed by atoms with Crippen molar-refractivity contribution in [3.05, 3.63) is 71.0 Å². The molecule has 0 aliphatic heterocycles. The Bertz CT molecular complexity index is 1060. The van der Waals surface area contributed by atoms with Crippen LogP contribution in [-0.2, 0) is 0 Å². The topological polar surface area (TPSA) is 99.9 Å². The summed E-state index contributed by atoms with van der Waals surface area (Å²) in [5.74, 6) is 0.504. The number of carbonyl (C=O) groups is 1. The van der Waals surface area contributed by atoms with Crippen LogP contribution in [0.5, 0.6) is 5.75 Å². The van der Waals surface area contributed by atoms with E-state index in [0.717, 1.165) is 11.3 Å². The Hall–Kier alpha value is -3.92. The van der Waals surface area contributed by atoms with Gasteiger partial charge in [0.15, 0.2) is 0 Å². The van der Waals surface area contributed by atoms with Gasteiger partial charge in [-0.1, -0.05) is 6.07 Å². The average molecular weight is 373 g/mol. The molecule has 0 atom stereocenters. The van der Waals surface area contributed by atoms with E-state index in [2.05, 4.69) is 26.7 Å². The van der Waals surface area contributed by atoms with E-state index in [1.54, 1.807) is 50.4 Å². The second-order valence-electron chi connectivity index (χ2n) is 6.19. The number of benzene rings is 2. The van der Waals surface area contributed by atoms with Gasteiger partial charge in [0.1, 0.15) is 11.4 Å². The van der Waals surface area contributed by atoms with Crippen molar-refractivity contribution in [2.24, 2.45) is 0 Å². The fourth-order valence-corrected chi connectivity index (χ4v) is 2.60. The number of hydrogen-bond acceptors (Lipinski definition) is 6. The fourth-order valence-electron chi connectivity index (χ4n) is 2.60. The molecule has 0 radical (unpaired) electrons. The first-order valence-electron chi connectivity index (χ1n) is 8.57. The Labute approximate surface area is 163 Å². The lowest BCUT2D eigenvalue weighted by atomic mass is 10.2. The lowest BCUT2D eigenvalue weighted by molar-refractivity contribution is 0.102. The smallest absolute Gasteiger partial charge is 0.274 e. The fraction of sp³-hybridized carbons (Fsp3) is 0.143. The molecule has 0 aliphatic rings. The maximum absolute atomic E-state index is 12.7. The number of amides is 1. The molecule has 2 N–H and O–H groups in total. The van der Waals surface area contributed by atoms with Crippen LogP contribution in [0.4, 0.5) is 17.3 Å². The third-order valence-electron chi connectivity index (χ3n) is 3.96. The molecule has 1 aromatic heterocycles. The molecular formula is C21H19N5O2. The molecule has 0 unspecified atom stereocenters. The van der Waals surface area contributed by atoms with Crippen LogP contribution < -0.4 is 15.4 Å². The number of anilines is 3. The van der Waals surface area contributed by atoms with E-state index in [1.165, 1.54) is 0 Å². The Morgan fingerprint density at radius 3 is 2.50 bits per heavy atom. The number of carbonyl (C=O) groups excluding carboxylic acids is 1. The van der Waals surface area contributed by atoms with Gasteiger partial charge < -0.3 is 15.4 Å². The number of methoxy groups -OCH3 is 1. The molecule has 0 spiro atoms. The summed E-state index contributed by atoms with van der Waals surface area (Å²) in [5.41, 5.74) is 3.72. The minimum atomic E-state index is -0.364. The van der Waals surface area contributed by atoms with E-state index in [-0.39, 0.29) is 11.6 Å². The number of nitrogens with zero attached hydrogens (tertiary/aromatic N) is 3. The second-order valence-corrected chi connectivity index (χ2v) is 6.19. The number of hydrogen-bond donors (Lipinski definition) is 2. The van der Waals surface area contributed by atoms with E-state index < -0.39 is 0 Å². The Kier molecular flexibility index (Phi) is 5.51. The van der Waals surface area contributed by atoms with Crippen LogP contribution in [0.1, 0.15) is 27.3 Å². The molecule has 1 amide bonds. The summed E-state index contributed by atoms with van der Waals surface area (Å²) >= 11 is 0. The summed E-state index contributed by atoms with van der Waals surface area (Å²) in [4.78, 5) is 21.3. The van der Waals surface area contributed by atoms with Crippen molar-refractivity contribution in [2.45, 2.75) is 13.8 Å². The van der Waals surface area contributed by atoms with Crippen LogP contribution >= 0.6 is 0 Å². The molecule has 1 heterocycles. The first-order valence-corrected chi connectivity index (χ1v) is 8.57. The predicted molar refractivity (Wildman–Crippen MR) is 107 cm³/mol. The molecule has 7 heteroatoms. The van der Waals surface area contributed by atoms with E-state index >= 15 is 0 Å².